The third-order valence-electron chi connectivity index (χ3n) is 1.18. The van der Waals surface area contributed by atoms with Crippen molar-refractivity contribution in [3.63, 3.8) is 0 Å². The van der Waals surface area contributed by atoms with Crippen LogP contribution in [0.3, 0.4) is 0 Å². The predicted octanol–water partition coefficient (Wildman–Crippen LogP) is -4.22. The molecule has 0 rings (SSSR count). The fourth-order valence-corrected chi connectivity index (χ4v) is 2.51. The minimum atomic E-state index is -4.62. The third-order valence-corrected chi connectivity index (χ3v) is 2.71. The van der Waals surface area contributed by atoms with E-state index in [-0.39, 0.29) is 6.54 Å². The van der Waals surface area contributed by atoms with Gasteiger partial charge in [-0.1, -0.05) is 0 Å². The van der Waals surface area contributed by atoms with Crippen LogP contribution in [0.1, 0.15) is 0 Å². The van der Waals surface area contributed by atoms with Crippen LogP contribution in [0.15, 0.2) is 0 Å². The second-order valence-corrected chi connectivity index (χ2v) is 5.87. The fourth-order valence-electron chi connectivity index (χ4n) is 0.841. The van der Waals surface area contributed by atoms with Gasteiger partial charge in [-0.3, -0.25) is 4.89 Å². The monoisotopic (exact) mass is 248 g/mol. The first-order valence-electron chi connectivity index (χ1n) is 3.55. The molecule has 0 saturated heterocycles. The number of hydrogen-bond donors (Lipinski definition) is 4. The first-order chi connectivity index (χ1) is 6.14. The molecule has 14 heavy (non-hydrogen) atoms. The second-order valence-electron chi connectivity index (χ2n) is 2.70. The van der Waals surface area contributed by atoms with Crippen molar-refractivity contribution in [3.8, 4) is 0 Å². The van der Waals surface area contributed by atoms with Crippen LogP contribution in [-0.2, 0) is 0 Å². The smallest absolute Gasteiger partial charge is 0.244 e. The molecule has 0 saturated carbocycles. The molecule has 0 bridgehead atoms. The van der Waals surface area contributed by atoms with E-state index < -0.39 is 35.1 Å². The Morgan fingerprint density at radius 1 is 1.00 bits per heavy atom. The minimum absolute atomic E-state index is 0.238. The van der Waals surface area contributed by atoms with Gasteiger partial charge < -0.3 is 19.8 Å². The quantitative estimate of drug-likeness (QED) is 0.345. The van der Waals surface area contributed by atoms with Crippen LogP contribution in [0.4, 0.5) is 0 Å². The van der Waals surface area contributed by atoms with Crippen molar-refractivity contribution >= 4 is 15.9 Å². The highest BCUT2D eigenvalue weighted by Crippen LogP contribution is 2.42. The molecule has 0 atom stereocenters. The molecule has 0 aliphatic carbocycles. The van der Waals surface area contributed by atoms with E-state index in [1.165, 1.54) is 0 Å². The molecule has 0 unspecified atom stereocenters. The number of hydrogen-bond acceptors (Lipinski definition) is 8. The number of aliphatic hydroxyl groups excluding tert-OH is 1. The van der Waals surface area contributed by atoms with Gasteiger partial charge in [-0.05, 0) is 0 Å². The maximum Gasteiger partial charge on any atom is 0.244 e. The zero-order chi connectivity index (χ0) is 11.4. The van der Waals surface area contributed by atoms with Gasteiger partial charge in [0.05, 0.1) is 14.6 Å². The molecular formula is C4H12NO7P2-. The summed E-state index contributed by atoms with van der Waals surface area (Å²) in [5.41, 5.74) is 0. The molecule has 0 aromatic heterocycles. The van der Waals surface area contributed by atoms with E-state index in [0.29, 0.717) is 0 Å². The molecule has 0 spiro atoms. The molecule has 0 heterocycles. The zero-order valence-corrected chi connectivity index (χ0v) is 8.97. The van der Waals surface area contributed by atoms with E-state index in [4.69, 9.17) is 19.8 Å². The molecule has 4 N–H and O–H groups in total. The summed E-state index contributed by atoms with van der Waals surface area (Å²) in [5.74, 6) is 0. The van der Waals surface area contributed by atoms with Gasteiger partial charge in [-0.2, -0.15) is 0 Å². The molecule has 0 aliphatic heterocycles. The van der Waals surface area contributed by atoms with Crippen molar-refractivity contribution in [2.75, 3.05) is 25.7 Å². The van der Waals surface area contributed by atoms with Crippen molar-refractivity contribution in [2.24, 2.45) is 0 Å². The van der Waals surface area contributed by atoms with E-state index in [2.05, 4.69) is 0 Å². The summed E-state index contributed by atoms with van der Waals surface area (Å²) in [4.78, 5) is 57.6. The lowest BCUT2D eigenvalue weighted by Crippen LogP contribution is -2.39. The molecule has 0 fully saturated rings. The Bertz CT molecular complexity index is 150. The molecular weight excluding hydrogens is 236 g/mol. The molecule has 0 aromatic carbocycles. The summed E-state index contributed by atoms with van der Waals surface area (Å²) in [7, 11) is -9.01. The van der Waals surface area contributed by atoms with Crippen molar-refractivity contribution in [2.45, 2.75) is 0 Å². The van der Waals surface area contributed by atoms with Gasteiger partial charge in [0.25, 0.3) is 0 Å². The average molecular weight is 248 g/mol. The van der Waals surface area contributed by atoms with E-state index >= 15 is 0 Å². The summed E-state index contributed by atoms with van der Waals surface area (Å²) in [5, 5.41) is 8.46. The van der Waals surface area contributed by atoms with E-state index in [1.54, 1.807) is 0 Å². The van der Waals surface area contributed by atoms with Crippen molar-refractivity contribution in [1.29, 1.82) is 0 Å². The van der Waals surface area contributed by atoms with Gasteiger partial charge in [0, 0.05) is 6.54 Å². The lowest BCUT2D eigenvalue weighted by molar-refractivity contribution is -0.333. The van der Waals surface area contributed by atoms with Crippen molar-refractivity contribution in [1.82, 2.24) is 4.90 Å². The van der Waals surface area contributed by atoms with Crippen LogP contribution in [0.25, 0.3) is 0 Å². The largest absolute Gasteiger partial charge is 0.659 e. The second kappa shape index (κ2) is 5.58. The highest BCUT2D eigenvalue weighted by molar-refractivity contribution is 7.57. The summed E-state index contributed by atoms with van der Waals surface area (Å²) in [6.07, 6.45) is -1.71. The van der Waals surface area contributed by atoms with Crippen LogP contribution in [-0.4, -0.2) is 50.4 Å². The average Bonchev–Trinajstić information content (AvgIpc) is 1.78. The lowest BCUT2D eigenvalue weighted by atomic mass is 10.6. The zero-order valence-electron chi connectivity index (χ0n) is 7.18. The maximum absolute atomic E-state index is 10.5. The normalized spacial score (nSPS) is 13.7. The molecule has 8 nitrogen and oxygen atoms in total. The van der Waals surface area contributed by atoms with Crippen LogP contribution in [0.5, 0.6) is 0 Å². The van der Waals surface area contributed by atoms with Crippen molar-refractivity contribution < 1.29 is 34.5 Å². The highest BCUT2D eigenvalue weighted by Gasteiger charge is 2.26. The Morgan fingerprint density at radius 2 is 1.50 bits per heavy atom. The Kier molecular flexibility index (Phi) is 5.79. The Balaban J connectivity index is 4.16. The van der Waals surface area contributed by atoms with Crippen LogP contribution >= 0.6 is 15.9 Å². The summed E-state index contributed by atoms with van der Waals surface area (Å²) >= 11 is 0. The van der Waals surface area contributed by atoms with Gasteiger partial charge in [0.2, 0.25) is 7.94 Å². The third kappa shape index (κ3) is 9.11. The van der Waals surface area contributed by atoms with E-state index in [0.717, 1.165) is 4.90 Å². The standard InChI is InChI=1S/C4H13NO7P2/c6-2-1-5(3-13(7,8)9)4-14(10,11)12/h6H,1-4H2,(H2,7,8,9)(H2,10,11,12)/p-1. The number of rotatable bonds is 6. The Hall–Kier alpha value is 0.540. The fraction of sp³-hybridized carbons (Fsp3) is 1.00. The van der Waals surface area contributed by atoms with Crippen LogP contribution < -0.4 is 14.7 Å². The van der Waals surface area contributed by atoms with E-state index in [9.17, 15) is 14.7 Å². The molecule has 0 amide bonds. The maximum atomic E-state index is 10.5. The highest BCUT2D eigenvalue weighted by atomic mass is 31.2. The predicted molar refractivity (Wildman–Crippen MR) is 44.0 cm³/mol. The van der Waals surface area contributed by atoms with Gasteiger partial charge in [-0.15, -0.1) is 0 Å². The minimum Gasteiger partial charge on any atom is -0.659 e. The molecule has 0 aliphatic rings. The number of nitrogens with zero attached hydrogens (tertiary/aromatic N) is 1. The van der Waals surface area contributed by atoms with Gasteiger partial charge in [-0.25, -0.2) is 14.7 Å². The summed E-state index contributed by atoms with van der Waals surface area (Å²) in [6.45, 7) is -0.697. The van der Waals surface area contributed by atoms with Gasteiger partial charge >= 0.3 is 0 Å². The van der Waals surface area contributed by atoms with Gasteiger partial charge in [0.1, 0.15) is 6.29 Å². The topological polar surface area (TPSA) is 153 Å². The number of aliphatic hydroxyl groups is 1. The first kappa shape index (κ1) is 14.5. The summed E-state index contributed by atoms with van der Waals surface area (Å²) < 4.78 is 0. The Morgan fingerprint density at radius 3 is 1.79 bits per heavy atom. The molecule has 86 valence electrons. The Labute approximate surface area is 81.8 Å². The first-order valence-corrected chi connectivity index (χ1v) is 7.11. The van der Waals surface area contributed by atoms with Crippen LogP contribution in [0.2, 0.25) is 0 Å². The van der Waals surface area contributed by atoms with Crippen LogP contribution in [0, 0.1) is 0 Å². The van der Waals surface area contributed by atoms with E-state index in [1.807, 2.05) is 0 Å². The molecule has 0 aromatic rings. The SMILES string of the molecule is [O-][P+]([O-])(O)CN(CCO)C[P+]([O-])(O)O. The van der Waals surface area contributed by atoms with Crippen molar-refractivity contribution in [3.05, 3.63) is 0 Å². The lowest BCUT2D eigenvalue weighted by Gasteiger charge is -2.34. The summed E-state index contributed by atoms with van der Waals surface area (Å²) in [6, 6.07) is 0. The van der Waals surface area contributed by atoms with Gasteiger partial charge in [0.15, 0.2) is 6.29 Å². The molecule has 10 heteroatoms. The molecule has 0 radical (unpaired) electrons.